The van der Waals surface area contributed by atoms with Gasteiger partial charge in [-0.05, 0) is 35.1 Å². The van der Waals surface area contributed by atoms with Crippen molar-refractivity contribution in [1.29, 1.82) is 0 Å². The summed E-state index contributed by atoms with van der Waals surface area (Å²) in [5, 5.41) is 12.5. The van der Waals surface area contributed by atoms with Crippen LogP contribution in [-0.2, 0) is 14.3 Å². The molecule has 0 heterocycles. The molecular weight excluding hydrogens is 453 g/mol. The number of carbonyl (C=O) groups excluding carboxylic acids is 2. The number of benzene rings is 2. The molecule has 0 radical (unpaired) electrons. The van der Waals surface area contributed by atoms with Crippen LogP contribution in [0.2, 0.25) is 0 Å². The van der Waals surface area contributed by atoms with Crippen molar-refractivity contribution in [3.8, 4) is 11.1 Å². The van der Waals surface area contributed by atoms with Gasteiger partial charge in [-0.3, -0.25) is 9.59 Å². The maximum absolute atomic E-state index is 13.4. The van der Waals surface area contributed by atoms with Crippen LogP contribution in [0.1, 0.15) is 36.8 Å². The standard InChI is InChI=1S/C24H25F3N2O5/c1-14(22(31)32)7-6-12-28-21(30)20(24(25,26)27)29-23(33)34-13-19-17-10-4-2-8-15(17)16-9-3-5-11-18(16)19/h2-5,8-11,14,19-20H,6-7,12-13H2,1H3,(H,28,30)(H,29,33)(H,31,32). The van der Waals surface area contributed by atoms with E-state index in [9.17, 15) is 27.6 Å². The summed E-state index contributed by atoms with van der Waals surface area (Å²) >= 11 is 0. The molecule has 2 aromatic carbocycles. The van der Waals surface area contributed by atoms with Crippen molar-refractivity contribution in [3.05, 3.63) is 59.7 Å². The number of hydrogen-bond acceptors (Lipinski definition) is 4. The van der Waals surface area contributed by atoms with Crippen LogP contribution in [0, 0.1) is 5.92 Å². The number of amides is 2. The zero-order valence-corrected chi connectivity index (χ0v) is 18.4. The predicted molar refractivity (Wildman–Crippen MR) is 117 cm³/mol. The molecule has 34 heavy (non-hydrogen) atoms. The number of fused-ring (bicyclic) bond motifs is 3. The highest BCUT2D eigenvalue weighted by Crippen LogP contribution is 2.44. The van der Waals surface area contributed by atoms with Gasteiger partial charge in [0.25, 0.3) is 5.91 Å². The molecule has 0 aliphatic heterocycles. The molecule has 3 rings (SSSR count). The smallest absolute Gasteiger partial charge is 0.417 e. The van der Waals surface area contributed by atoms with E-state index in [-0.39, 0.29) is 31.9 Å². The van der Waals surface area contributed by atoms with Crippen LogP contribution in [0.4, 0.5) is 18.0 Å². The zero-order valence-electron chi connectivity index (χ0n) is 18.4. The van der Waals surface area contributed by atoms with Crippen molar-refractivity contribution < 1.29 is 37.4 Å². The molecule has 0 spiro atoms. The lowest BCUT2D eigenvalue weighted by atomic mass is 9.98. The molecule has 2 aromatic rings. The minimum atomic E-state index is -5.04. The van der Waals surface area contributed by atoms with Crippen molar-refractivity contribution in [1.82, 2.24) is 10.6 Å². The molecular formula is C24H25F3N2O5. The molecule has 2 amide bonds. The molecule has 3 N–H and O–H groups in total. The lowest BCUT2D eigenvalue weighted by molar-refractivity contribution is -0.167. The number of nitrogens with one attached hydrogen (secondary N) is 2. The second-order valence-corrected chi connectivity index (χ2v) is 8.12. The third kappa shape index (κ3) is 5.86. The fourth-order valence-electron chi connectivity index (χ4n) is 3.90. The molecule has 10 heteroatoms. The molecule has 0 saturated carbocycles. The highest BCUT2D eigenvalue weighted by Gasteiger charge is 2.46. The van der Waals surface area contributed by atoms with E-state index >= 15 is 0 Å². The van der Waals surface area contributed by atoms with E-state index < -0.39 is 36.1 Å². The summed E-state index contributed by atoms with van der Waals surface area (Å²) in [6.07, 6.45) is -6.04. The van der Waals surface area contributed by atoms with Gasteiger partial charge in [-0.15, -0.1) is 0 Å². The van der Waals surface area contributed by atoms with Crippen LogP contribution in [0.3, 0.4) is 0 Å². The molecule has 1 aliphatic carbocycles. The lowest BCUT2D eigenvalue weighted by Crippen LogP contribution is -2.55. The molecule has 0 saturated heterocycles. The van der Waals surface area contributed by atoms with Crippen molar-refractivity contribution in [2.24, 2.45) is 5.92 Å². The number of alkyl carbamates (subject to hydrolysis) is 1. The number of carbonyl (C=O) groups is 3. The number of rotatable bonds is 9. The van der Waals surface area contributed by atoms with Gasteiger partial charge in [0.15, 0.2) is 0 Å². The van der Waals surface area contributed by atoms with Gasteiger partial charge in [-0.2, -0.15) is 13.2 Å². The van der Waals surface area contributed by atoms with Gasteiger partial charge in [-0.1, -0.05) is 55.5 Å². The summed E-state index contributed by atoms with van der Waals surface area (Å²) in [4.78, 5) is 35.1. The summed E-state index contributed by atoms with van der Waals surface area (Å²) in [6.45, 7) is 1.11. The van der Waals surface area contributed by atoms with Gasteiger partial charge in [0, 0.05) is 12.5 Å². The van der Waals surface area contributed by atoms with E-state index in [1.165, 1.54) is 6.92 Å². The predicted octanol–water partition coefficient (Wildman–Crippen LogP) is 4.07. The molecule has 0 aromatic heterocycles. The number of ether oxygens (including phenoxy) is 1. The molecule has 1 aliphatic rings. The van der Waals surface area contributed by atoms with Crippen molar-refractivity contribution in [2.75, 3.05) is 13.2 Å². The van der Waals surface area contributed by atoms with Gasteiger partial charge in [-0.25, -0.2) is 4.79 Å². The van der Waals surface area contributed by atoms with E-state index in [1.54, 1.807) is 5.32 Å². The average Bonchev–Trinajstić information content (AvgIpc) is 3.11. The van der Waals surface area contributed by atoms with Gasteiger partial charge >= 0.3 is 18.2 Å². The van der Waals surface area contributed by atoms with Crippen molar-refractivity contribution in [3.63, 3.8) is 0 Å². The van der Waals surface area contributed by atoms with E-state index in [2.05, 4.69) is 5.32 Å². The summed E-state index contributed by atoms with van der Waals surface area (Å²) in [5.74, 6) is -3.50. The van der Waals surface area contributed by atoms with Crippen LogP contribution in [0.25, 0.3) is 11.1 Å². The summed E-state index contributed by atoms with van der Waals surface area (Å²) in [5.41, 5.74) is 3.74. The second kappa shape index (κ2) is 10.6. The Bertz CT molecular complexity index is 1010. The van der Waals surface area contributed by atoms with Crippen molar-refractivity contribution >= 4 is 18.0 Å². The average molecular weight is 478 g/mol. The summed E-state index contributed by atoms with van der Waals surface area (Å²) in [6, 6.07) is 12.2. The number of hydrogen-bond donors (Lipinski definition) is 3. The fraction of sp³-hybridized carbons (Fsp3) is 0.375. The Morgan fingerprint density at radius 3 is 2.12 bits per heavy atom. The van der Waals surface area contributed by atoms with Crippen molar-refractivity contribution in [2.45, 2.75) is 37.9 Å². The van der Waals surface area contributed by atoms with Crippen LogP contribution in [0.5, 0.6) is 0 Å². The number of alkyl halides is 3. The van der Waals surface area contributed by atoms with Crippen LogP contribution < -0.4 is 10.6 Å². The molecule has 0 bridgehead atoms. The lowest BCUT2D eigenvalue weighted by Gasteiger charge is -2.21. The third-order valence-electron chi connectivity index (χ3n) is 5.73. The fourth-order valence-corrected chi connectivity index (χ4v) is 3.90. The van der Waals surface area contributed by atoms with E-state index in [0.717, 1.165) is 22.3 Å². The van der Waals surface area contributed by atoms with Crippen LogP contribution in [0.15, 0.2) is 48.5 Å². The second-order valence-electron chi connectivity index (χ2n) is 8.12. The van der Waals surface area contributed by atoms with Gasteiger partial charge < -0.3 is 20.5 Å². The minimum Gasteiger partial charge on any atom is -0.481 e. The maximum Gasteiger partial charge on any atom is 0.417 e. The number of carboxylic acids is 1. The Morgan fingerprint density at radius 1 is 1.03 bits per heavy atom. The molecule has 2 unspecified atom stereocenters. The first-order valence-corrected chi connectivity index (χ1v) is 10.8. The van der Waals surface area contributed by atoms with Gasteiger partial charge in [0.2, 0.25) is 6.04 Å². The zero-order chi connectivity index (χ0) is 24.9. The highest BCUT2D eigenvalue weighted by molar-refractivity contribution is 5.86. The molecule has 182 valence electrons. The summed E-state index contributed by atoms with van der Waals surface area (Å²) in [7, 11) is 0. The third-order valence-corrected chi connectivity index (χ3v) is 5.73. The van der Waals surface area contributed by atoms with E-state index in [0.29, 0.717) is 0 Å². The first kappa shape index (κ1) is 25.1. The van der Waals surface area contributed by atoms with Crippen LogP contribution >= 0.6 is 0 Å². The Labute approximate surface area is 194 Å². The highest BCUT2D eigenvalue weighted by atomic mass is 19.4. The van der Waals surface area contributed by atoms with Gasteiger partial charge in [0.05, 0.1) is 5.92 Å². The monoisotopic (exact) mass is 478 g/mol. The maximum atomic E-state index is 13.4. The van der Waals surface area contributed by atoms with Crippen LogP contribution in [-0.4, -0.2) is 48.4 Å². The molecule has 7 nitrogen and oxygen atoms in total. The quantitative estimate of drug-likeness (QED) is 0.472. The first-order valence-electron chi connectivity index (χ1n) is 10.8. The number of aliphatic carboxylic acids is 1. The van der Waals surface area contributed by atoms with E-state index in [4.69, 9.17) is 9.84 Å². The summed E-state index contributed by atoms with van der Waals surface area (Å²) < 4.78 is 45.3. The molecule has 2 atom stereocenters. The first-order chi connectivity index (χ1) is 16.1. The Kier molecular flexibility index (Phi) is 7.80. The number of halogens is 3. The SMILES string of the molecule is CC(CCCNC(=O)C(NC(=O)OCC1c2ccccc2-c2ccccc21)C(F)(F)F)C(=O)O. The number of carboxylic acid groups (broad SMARTS) is 1. The minimum absolute atomic E-state index is 0.157. The largest absolute Gasteiger partial charge is 0.481 e. The van der Waals surface area contributed by atoms with E-state index in [1.807, 2.05) is 48.5 Å². The Hall–Kier alpha value is -3.56. The Morgan fingerprint density at radius 2 is 1.59 bits per heavy atom. The van der Waals surface area contributed by atoms with Gasteiger partial charge in [0.1, 0.15) is 6.61 Å². The normalized spacial score (nSPS) is 14.5. The molecule has 0 fully saturated rings. The Balaban J connectivity index is 1.58. The topological polar surface area (TPSA) is 105 Å².